The van der Waals surface area contributed by atoms with Gasteiger partial charge in [-0.15, -0.1) is 0 Å². The third-order valence-corrected chi connectivity index (χ3v) is 5.06. The Morgan fingerprint density at radius 1 is 1.37 bits per heavy atom. The number of nitrogens with zero attached hydrogens (tertiary/aromatic N) is 1. The molecule has 5 nitrogen and oxygen atoms in total. The molecule has 1 aromatic carbocycles. The summed E-state index contributed by atoms with van der Waals surface area (Å²) >= 11 is 0. The molecule has 0 amide bonds. The van der Waals surface area contributed by atoms with E-state index in [0.717, 1.165) is 0 Å². The quantitative estimate of drug-likeness (QED) is 0.770. The minimum Gasteiger partial charge on any atom is -0.507 e. The van der Waals surface area contributed by atoms with Gasteiger partial charge in [0.2, 0.25) is 10.0 Å². The first-order chi connectivity index (χ1) is 9.01. The molecule has 19 heavy (non-hydrogen) atoms. The highest BCUT2D eigenvalue weighted by Gasteiger charge is 2.24. The molecule has 0 spiro atoms. The van der Waals surface area contributed by atoms with Crippen molar-refractivity contribution in [3.8, 4) is 5.75 Å². The Bertz CT molecular complexity index is 525. The maximum Gasteiger partial charge on any atom is 0.246 e. The molecule has 0 radical (unpaired) electrons. The van der Waals surface area contributed by atoms with Crippen LogP contribution in [0, 0.1) is 5.92 Å². The number of para-hydroxylation sites is 1. The number of likely N-dealkylation sites (N-methyl/N-ethyl adjacent to an activating group) is 1. The van der Waals surface area contributed by atoms with Crippen molar-refractivity contribution in [3.63, 3.8) is 0 Å². The van der Waals surface area contributed by atoms with Crippen LogP contribution in [-0.4, -0.2) is 44.6 Å². The number of benzene rings is 1. The number of ether oxygens (including phenoxy) is 1. The first kappa shape index (κ1) is 14.3. The Hall–Kier alpha value is -1.11. The second kappa shape index (κ2) is 5.90. The summed E-state index contributed by atoms with van der Waals surface area (Å²) in [7, 11) is -2.16. The van der Waals surface area contributed by atoms with Gasteiger partial charge in [0, 0.05) is 20.2 Å². The highest BCUT2D eigenvalue weighted by Crippen LogP contribution is 2.28. The number of phenolic OH excluding ortho intramolecular Hbond substituents is 1. The number of phenols is 1. The van der Waals surface area contributed by atoms with Crippen molar-refractivity contribution in [1.29, 1.82) is 0 Å². The fraction of sp³-hybridized carbons (Fsp3) is 0.538. The lowest BCUT2D eigenvalue weighted by Gasteiger charge is -2.17. The second-order valence-corrected chi connectivity index (χ2v) is 6.83. The van der Waals surface area contributed by atoms with E-state index >= 15 is 0 Å². The molecule has 6 heteroatoms. The maximum atomic E-state index is 12.2. The first-order valence-corrected chi connectivity index (χ1v) is 7.78. The predicted molar refractivity (Wildman–Crippen MR) is 71.5 cm³/mol. The topological polar surface area (TPSA) is 66.8 Å². The fourth-order valence-electron chi connectivity index (χ4n) is 1.69. The van der Waals surface area contributed by atoms with E-state index in [0.29, 0.717) is 19.1 Å². The SMILES string of the molecule is CN(CCOCC1CC1)S(=O)(=O)c1ccccc1O. The minimum absolute atomic E-state index is 0.0697. The van der Waals surface area contributed by atoms with Crippen LogP contribution < -0.4 is 0 Å². The lowest BCUT2D eigenvalue weighted by atomic mass is 10.3. The van der Waals surface area contributed by atoms with Crippen LogP contribution in [0.2, 0.25) is 0 Å². The number of hydrogen-bond donors (Lipinski definition) is 1. The van der Waals surface area contributed by atoms with E-state index in [-0.39, 0.29) is 17.2 Å². The Kier molecular flexibility index (Phi) is 4.44. The molecule has 0 atom stereocenters. The van der Waals surface area contributed by atoms with Crippen molar-refractivity contribution >= 4 is 10.0 Å². The van der Waals surface area contributed by atoms with Gasteiger partial charge in [-0.05, 0) is 30.9 Å². The predicted octanol–water partition coefficient (Wildman–Crippen LogP) is 1.44. The average Bonchev–Trinajstić information content (AvgIpc) is 3.18. The molecular formula is C13H19NO4S. The van der Waals surface area contributed by atoms with Crippen molar-refractivity contribution < 1.29 is 18.3 Å². The molecule has 0 unspecified atom stereocenters. The third kappa shape index (κ3) is 3.68. The summed E-state index contributed by atoms with van der Waals surface area (Å²) in [6, 6.07) is 5.94. The van der Waals surface area contributed by atoms with Gasteiger partial charge < -0.3 is 9.84 Å². The van der Waals surface area contributed by atoms with Crippen molar-refractivity contribution in [3.05, 3.63) is 24.3 Å². The van der Waals surface area contributed by atoms with Crippen LogP contribution in [0.4, 0.5) is 0 Å². The van der Waals surface area contributed by atoms with Crippen molar-refractivity contribution in [2.24, 2.45) is 5.92 Å². The summed E-state index contributed by atoms with van der Waals surface area (Å²) in [5, 5.41) is 9.61. The van der Waals surface area contributed by atoms with Crippen LogP contribution in [0.5, 0.6) is 5.75 Å². The van der Waals surface area contributed by atoms with E-state index < -0.39 is 10.0 Å². The molecule has 1 saturated carbocycles. The van der Waals surface area contributed by atoms with E-state index in [1.165, 1.54) is 36.3 Å². The zero-order valence-corrected chi connectivity index (χ0v) is 11.8. The molecule has 2 rings (SSSR count). The highest BCUT2D eigenvalue weighted by molar-refractivity contribution is 7.89. The standard InChI is InChI=1S/C13H19NO4S/c1-14(8-9-18-10-11-6-7-11)19(16,17)13-5-3-2-4-12(13)15/h2-5,11,15H,6-10H2,1H3. The van der Waals surface area contributed by atoms with Gasteiger partial charge >= 0.3 is 0 Å². The first-order valence-electron chi connectivity index (χ1n) is 6.34. The van der Waals surface area contributed by atoms with Gasteiger partial charge in [0.1, 0.15) is 10.6 Å². The summed E-state index contributed by atoms with van der Waals surface area (Å²) in [4.78, 5) is -0.0697. The van der Waals surface area contributed by atoms with Crippen LogP contribution in [0.3, 0.4) is 0 Å². The van der Waals surface area contributed by atoms with Crippen LogP contribution in [-0.2, 0) is 14.8 Å². The smallest absolute Gasteiger partial charge is 0.246 e. The van der Waals surface area contributed by atoms with Gasteiger partial charge in [0.25, 0.3) is 0 Å². The van der Waals surface area contributed by atoms with Gasteiger partial charge in [-0.25, -0.2) is 8.42 Å². The molecule has 0 aromatic heterocycles. The number of aromatic hydroxyl groups is 1. The van der Waals surface area contributed by atoms with Crippen molar-refractivity contribution in [1.82, 2.24) is 4.31 Å². The van der Waals surface area contributed by atoms with Crippen LogP contribution in [0.25, 0.3) is 0 Å². The number of rotatable bonds is 7. The second-order valence-electron chi connectivity index (χ2n) is 4.81. The van der Waals surface area contributed by atoms with Crippen LogP contribution >= 0.6 is 0 Å². The fourth-order valence-corrected chi connectivity index (χ4v) is 2.92. The maximum absolute atomic E-state index is 12.2. The molecule has 0 saturated heterocycles. The zero-order chi connectivity index (χ0) is 13.9. The molecule has 1 fully saturated rings. The molecule has 1 N–H and O–H groups in total. The highest BCUT2D eigenvalue weighted by atomic mass is 32.2. The van der Waals surface area contributed by atoms with Crippen LogP contribution in [0.15, 0.2) is 29.2 Å². The zero-order valence-electron chi connectivity index (χ0n) is 10.9. The van der Waals surface area contributed by atoms with Crippen molar-refractivity contribution in [2.75, 3.05) is 26.8 Å². The van der Waals surface area contributed by atoms with Gasteiger partial charge in [-0.2, -0.15) is 4.31 Å². The minimum atomic E-state index is -3.65. The summed E-state index contributed by atoms with van der Waals surface area (Å²) in [5.74, 6) is 0.438. The van der Waals surface area contributed by atoms with E-state index in [1.807, 2.05) is 0 Å². The molecule has 0 aliphatic heterocycles. The Morgan fingerprint density at radius 3 is 2.68 bits per heavy atom. The molecule has 1 aliphatic rings. The Morgan fingerprint density at radius 2 is 2.05 bits per heavy atom. The van der Waals surface area contributed by atoms with E-state index in [9.17, 15) is 13.5 Å². The Labute approximate surface area is 113 Å². The van der Waals surface area contributed by atoms with E-state index in [1.54, 1.807) is 12.1 Å². The van der Waals surface area contributed by atoms with Gasteiger partial charge in [-0.1, -0.05) is 12.1 Å². The summed E-state index contributed by atoms with van der Waals surface area (Å²) in [6.45, 7) is 1.37. The average molecular weight is 285 g/mol. The summed E-state index contributed by atoms with van der Waals surface area (Å²) < 4.78 is 31.0. The summed E-state index contributed by atoms with van der Waals surface area (Å²) in [6.07, 6.45) is 2.43. The molecule has 0 bridgehead atoms. The molecule has 106 valence electrons. The normalized spacial score (nSPS) is 15.9. The summed E-state index contributed by atoms with van der Waals surface area (Å²) in [5.41, 5.74) is 0. The monoisotopic (exact) mass is 285 g/mol. The van der Waals surface area contributed by atoms with Gasteiger partial charge in [0.15, 0.2) is 0 Å². The van der Waals surface area contributed by atoms with E-state index in [4.69, 9.17) is 4.74 Å². The van der Waals surface area contributed by atoms with Crippen LogP contribution in [0.1, 0.15) is 12.8 Å². The van der Waals surface area contributed by atoms with Gasteiger partial charge in [0.05, 0.1) is 6.61 Å². The lowest BCUT2D eigenvalue weighted by molar-refractivity contribution is 0.117. The molecule has 0 heterocycles. The number of hydrogen-bond acceptors (Lipinski definition) is 4. The molecule has 1 aromatic rings. The van der Waals surface area contributed by atoms with E-state index in [2.05, 4.69) is 0 Å². The lowest BCUT2D eigenvalue weighted by Crippen LogP contribution is -2.30. The number of sulfonamides is 1. The van der Waals surface area contributed by atoms with Gasteiger partial charge in [-0.3, -0.25) is 0 Å². The molecule has 1 aliphatic carbocycles. The largest absolute Gasteiger partial charge is 0.507 e. The Balaban J connectivity index is 1.92. The third-order valence-electron chi connectivity index (χ3n) is 3.15. The van der Waals surface area contributed by atoms with Crippen molar-refractivity contribution in [2.45, 2.75) is 17.7 Å². The molecular weight excluding hydrogens is 266 g/mol.